The minimum absolute atomic E-state index is 0.0888. The van der Waals surface area contributed by atoms with E-state index in [1.807, 2.05) is 89.9 Å². The Hall–Kier alpha value is -3.91. The molecule has 1 aliphatic heterocycles. The summed E-state index contributed by atoms with van der Waals surface area (Å²) in [7, 11) is 0. The van der Waals surface area contributed by atoms with Gasteiger partial charge in [0, 0.05) is 0 Å². The second kappa shape index (κ2) is 8.45. The summed E-state index contributed by atoms with van der Waals surface area (Å²) in [4.78, 5) is 18.1. The van der Waals surface area contributed by atoms with Gasteiger partial charge in [-0.15, -0.1) is 10.2 Å². The number of nitrogens with one attached hydrogen (secondary N) is 1. The second-order valence-electron chi connectivity index (χ2n) is 6.74. The van der Waals surface area contributed by atoms with Crippen molar-refractivity contribution < 1.29 is 0 Å². The largest absolute Gasteiger partial charge is 0.280 e. The van der Waals surface area contributed by atoms with E-state index in [-0.39, 0.29) is 5.56 Å². The van der Waals surface area contributed by atoms with Crippen LogP contribution in [0, 0.1) is 0 Å². The van der Waals surface area contributed by atoms with Crippen LogP contribution >= 0.6 is 11.8 Å². The monoisotopic (exact) mass is 426 g/mol. The fourth-order valence-electron chi connectivity index (χ4n) is 3.37. The first-order valence-electron chi connectivity index (χ1n) is 9.71. The number of nitrogens with zero attached hydrogens (tertiary/aromatic N) is 5. The van der Waals surface area contributed by atoms with Crippen LogP contribution in [0.2, 0.25) is 0 Å². The Morgan fingerprint density at radius 2 is 1.52 bits per heavy atom. The quantitative estimate of drug-likeness (QED) is 0.535. The first-order chi connectivity index (χ1) is 15.3. The summed E-state index contributed by atoms with van der Waals surface area (Å²) in [5.41, 5.74) is 5.42. The zero-order chi connectivity index (χ0) is 21.0. The molecule has 1 aromatic heterocycles. The molecule has 8 heteroatoms. The Balaban J connectivity index is 1.54. The normalized spacial score (nSPS) is 13.2. The van der Waals surface area contributed by atoms with Crippen molar-refractivity contribution in [2.75, 3.05) is 5.01 Å². The lowest BCUT2D eigenvalue weighted by Gasteiger charge is -2.26. The third kappa shape index (κ3) is 3.80. The molecule has 0 bridgehead atoms. The van der Waals surface area contributed by atoms with Crippen LogP contribution in [-0.4, -0.2) is 21.1 Å². The predicted molar refractivity (Wildman–Crippen MR) is 127 cm³/mol. The molecule has 3 aromatic carbocycles. The summed E-state index contributed by atoms with van der Waals surface area (Å²) in [6.07, 6.45) is 1.53. The number of hydrazine groups is 1. The van der Waals surface area contributed by atoms with Crippen LogP contribution in [0.4, 0.5) is 5.69 Å². The summed E-state index contributed by atoms with van der Waals surface area (Å²) in [5, 5.41) is 11.4. The predicted octanol–water partition coefficient (Wildman–Crippen LogP) is 3.94. The topological polar surface area (TPSA) is 74.9 Å². The van der Waals surface area contributed by atoms with Gasteiger partial charge in [0.05, 0.1) is 28.0 Å². The number of hydrogen-bond donors (Lipinski definition) is 1. The number of hydrogen-bond acceptors (Lipinski definition) is 7. The molecule has 0 saturated carbocycles. The Kier molecular flexibility index (Phi) is 5.20. The highest BCUT2D eigenvalue weighted by Crippen LogP contribution is 2.23. The third-order valence-electron chi connectivity index (χ3n) is 4.78. The second-order valence-corrected chi connectivity index (χ2v) is 7.68. The van der Waals surface area contributed by atoms with Crippen LogP contribution in [-0.2, 0) is 5.75 Å². The van der Waals surface area contributed by atoms with Gasteiger partial charge in [-0.1, -0.05) is 60.3 Å². The molecule has 31 heavy (non-hydrogen) atoms. The molecule has 152 valence electrons. The number of fused-ring (bicyclic) bond motifs is 1. The molecule has 0 fully saturated rings. The molecule has 4 aromatic rings. The van der Waals surface area contributed by atoms with Crippen LogP contribution in [0.15, 0.2) is 99.9 Å². The molecule has 0 aliphatic carbocycles. The molecule has 0 radical (unpaired) electrons. The van der Waals surface area contributed by atoms with Gasteiger partial charge < -0.3 is 0 Å². The van der Waals surface area contributed by atoms with Gasteiger partial charge in [0.25, 0.3) is 5.56 Å². The van der Waals surface area contributed by atoms with E-state index >= 15 is 0 Å². The number of rotatable bonds is 4. The smallest absolute Gasteiger partial charge is 0.265 e. The van der Waals surface area contributed by atoms with Crippen molar-refractivity contribution in [1.29, 1.82) is 0 Å². The molecule has 1 aliphatic rings. The highest BCUT2D eigenvalue weighted by Gasteiger charge is 2.19. The van der Waals surface area contributed by atoms with Gasteiger partial charge in [-0.3, -0.25) is 14.8 Å². The zero-order valence-electron chi connectivity index (χ0n) is 16.4. The lowest BCUT2D eigenvalue weighted by Crippen LogP contribution is -2.43. The van der Waals surface area contributed by atoms with Crippen molar-refractivity contribution in [3.63, 3.8) is 0 Å². The number of amidine groups is 1. The van der Waals surface area contributed by atoms with Gasteiger partial charge in [-0.05, 0) is 36.4 Å². The van der Waals surface area contributed by atoms with Gasteiger partial charge in [0.1, 0.15) is 12.2 Å². The molecule has 0 unspecified atom stereocenters. The maximum atomic E-state index is 13.3. The van der Waals surface area contributed by atoms with Crippen molar-refractivity contribution in [1.82, 2.24) is 15.0 Å². The third-order valence-corrected chi connectivity index (χ3v) is 5.71. The fraction of sp³-hybridized carbons (Fsp3) is 0.0435. The average molecular weight is 427 g/mol. The van der Waals surface area contributed by atoms with E-state index in [1.54, 1.807) is 4.57 Å². The van der Waals surface area contributed by atoms with Gasteiger partial charge in [0.2, 0.25) is 5.17 Å². The highest BCUT2D eigenvalue weighted by molar-refractivity contribution is 8.13. The number of aromatic nitrogens is 2. The van der Waals surface area contributed by atoms with Gasteiger partial charge in [0.15, 0.2) is 0 Å². The number of thioether (sulfide) groups is 1. The minimum Gasteiger partial charge on any atom is -0.280 e. The molecule has 1 N–H and O–H groups in total. The highest BCUT2D eigenvalue weighted by atomic mass is 32.2. The van der Waals surface area contributed by atoms with E-state index in [0.29, 0.717) is 27.6 Å². The summed E-state index contributed by atoms with van der Waals surface area (Å²) >= 11 is 1.46. The van der Waals surface area contributed by atoms with E-state index in [1.165, 1.54) is 18.1 Å². The van der Waals surface area contributed by atoms with E-state index in [0.717, 1.165) is 11.4 Å². The molecule has 0 spiro atoms. The number of benzene rings is 3. The SMILES string of the molecule is O=c1c2ccccc2nc(CSC2=NN=CNN2c2ccccc2)n1-c1ccccc1. The van der Waals surface area contributed by atoms with Crippen molar-refractivity contribution in [2.24, 2.45) is 10.2 Å². The number of para-hydroxylation sites is 3. The Bertz CT molecular complexity index is 1330. The van der Waals surface area contributed by atoms with Gasteiger partial charge in [-0.2, -0.15) is 0 Å². The Morgan fingerprint density at radius 3 is 2.29 bits per heavy atom. The summed E-state index contributed by atoms with van der Waals surface area (Å²) in [6, 6.07) is 26.8. The van der Waals surface area contributed by atoms with Crippen molar-refractivity contribution >= 4 is 39.9 Å². The molecular weight excluding hydrogens is 408 g/mol. The first-order valence-corrected chi connectivity index (χ1v) is 10.7. The molecule has 5 rings (SSSR count). The zero-order valence-corrected chi connectivity index (χ0v) is 17.2. The van der Waals surface area contributed by atoms with Crippen molar-refractivity contribution in [3.05, 3.63) is 101 Å². The van der Waals surface area contributed by atoms with Gasteiger partial charge >= 0.3 is 0 Å². The van der Waals surface area contributed by atoms with Crippen LogP contribution in [0.3, 0.4) is 0 Å². The summed E-state index contributed by atoms with van der Waals surface area (Å²) in [5.74, 6) is 1.08. The summed E-state index contributed by atoms with van der Waals surface area (Å²) in [6.45, 7) is 0. The van der Waals surface area contributed by atoms with Crippen LogP contribution in [0.5, 0.6) is 0 Å². The number of anilines is 1. The lowest BCUT2D eigenvalue weighted by molar-refractivity contribution is 0.884. The maximum Gasteiger partial charge on any atom is 0.265 e. The van der Waals surface area contributed by atoms with Crippen LogP contribution < -0.4 is 16.0 Å². The Labute approximate surface area is 182 Å². The van der Waals surface area contributed by atoms with E-state index in [9.17, 15) is 4.79 Å². The van der Waals surface area contributed by atoms with Crippen molar-refractivity contribution in [3.8, 4) is 5.69 Å². The Morgan fingerprint density at radius 1 is 0.839 bits per heavy atom. The molecule has 0 amide bonds. The lowest BCUT2D eigenvalue weighted by atomic mass is 10.2. The van der Waals surface area contributed by atoms with Crippen molar-refractivity contribution in [2.45, 2.75) is 5.75 Å². The summed E-state index contributed by atoms with van der Waals surface area (Å²) < 4.78 is 1.67. The molecule has 2 heterocycles. The molecular formula is C23H18N6OS. The fourth-order valence-corrected chi connectivity index (χ4v) is 4.21. The molecule has 0 saturated heterocycles. The standard InChI is InChI=1S/C23H18N6OS/c30-22-19-13-7-8-14-20(19)26-21(28(22)17-9-3-1-4-10-17)15-31-23-27-24-16-25-29(23)18-11-5-2-6-12-18/h1-14,16H,15H2,(H,24,25). The molecule has 0 atom stereocenters. The van der Waals surface area contributed by atoms with Gasteiger partial charge in [-0.25, -0.2) is 9.99 Å². The van der Waals surface area contributed by atoms with Crippen LogP contribution in [0.1, 0.15) is 5.82 Å². The molecule has 7 nitrogen and oxygen atoms in total. The van der Waals surface area contributed by atoms with E-state index in [4.69, 9.17) is 4.98 Å². The average Bonchev–Trinajstić information content (AvgIpc) is 2.84. The minimum atomic E-state index is -0.0888. The maximum absolute atomic E-state index is 13.3. The van der Waals surface area contributed by atoms with Crippen LogP contribution in [0.25, 0.3) is 16.6 Å². The van der Waals surface area contributed by atoms with E-state index < -0.39 is 0 Å². The van der Waals surface area contributed by atoms with E-state index in [2.05, 4.69) is 15.6 Å². The first kappa shape index (κ1) is 19.1.